The molecule has 2 aromatic rings. The van der Waals surface area contributed by atoms with Crippen LogP contribution in [0.15, 0.2) is 35.5 Å². The Morgan fingerprint density at radius 2 is 1.72 bits per heavy atom. The Labute approximate surface area is 222 Å². The lowest BCUT2D eigenvalue weighted by atomic mass is 9.94. The molecule has 2 amide bonds. The van der Waals surface area contributed by atoms with E-state index in [9.17, 15) is 9.59 Å². The molecule has 0 bridgehead atoms. The van der Waals surface area contributed by atoms with Crippen molar-refractivity contribution in [3.05, 3.63) is 46.6 Å². The first kappa shape index (κ1) is 26.5. The van der Waals surface area contributed by atoms with Gasteiger partial charge in [-0.05, 0) is 37.5 Å². The van der Waals surface area contributed by atoms with Crippen LogP contribution in [0.4, 0.5) is 10.6 Å². The zero-order chi connectivity index (χ0) is 25.5. The normalized spacial score (nSPS) is 16.6. The Morgan fingerprint density at radius 3 is 2.39 bits per heavy atom. The number of amides is 2. The lowest BCUT2D eigenvalue weighted by molar-refractivity contribution is 0.0570. The van der Waals surface area contributed by atoms with Gasteiger partial charge in [0.1, 0.15) is 11.0 Å². The molecule has 4 rings (SSSR count). The summed E-state index contributed by atoms with van der Waals surface area (Å²) < 4.78 is 5.05. The van der Waals surface area contributed by atoms with Crippen molar-refractivity contribution in [1.82, 2.24) is 19.8 Å². The van der Waals surface area contributed by atoms with Gasteiger partial charge in [0.15, 0.2) is 5.16 Å². The van der Waals surface area contributed by atoms with Gasteiger partial charge >= 0.3 is 6.09 Å². The molecule has 0 spiro atoms. The van der Waals surface area contributed by atoms with Gasteiger partial charge in [0.25, 0.3) is 5.91 Å². The van der Waals surface area contributed by atoms with Crippen LogP contribution in [0.1, 0.15) is 54.9 Å². The first-order valence-corrected chi connectivity index (χ1v) is 14.0. The number of ether oxygens (including phenoxy) is 1. The summed E-state index contributed by atoms with van der Waals surface area (Å²) in [6.45, 7) is 4.10. The maximum absolute atomic E-state index is 12.9. The maximum atomic E-state index is 12.9. The number of rotatable bonds is 7. The third-order valence-corrected chi connectivity index (χ3v) is 7.92. The highest BCUT2D eigenvalue weighted by Crippen LogP contribution is 2.29. The van der Waals surface area contributed by atoms with E-state index in [0.29, 0.717) is 60.5 Å². The van der Waals surface area contributed by atoms with Gasteiger partial charge in [-0.25, -0.2) is 14.8 Å². The van der Waals surface area contributed by atoms with Gasteiger partial charge in [-0.1, -0.05) is 54.8 Å². The number of benzene rings is 1. The Bertz CT molecular complexity index is 1040. The third kappa shape index (κ3) is 6.82. The van der Waals surface area contributed by atoms with E-state index in [4.69, 9.17) is 21.3 Å². The van der Waals surface area contributed by atoms with Gasteiger partial charge in [-0.15, -0.1) is 0 Å². The van der Waals surface area contributed by atoms with E-state index in [2.05, 4.69) is 16.9 Å². The third-order valence-electron chi connectivity index (χ3n) is 6.81. The van der Waals surface area contributed by atoms with Gasteiger partial charge in [0, 0.05) is 56.7 Å². The molecule has 0 N–H and O–H groups in total. The molecular formula is C26H34ClN5O3S. The predicted octanol–water partition coefficient (Wildman–Crippen LogP) is 5.11. The number of nitrogens with zero attached hydrogens (tertiary/aromatic N) is 5. The number of carbonyl (C=O) groups is 2. The highest BCUT2D eigenvalue weighted by atomic mass is 35.5. The molecule has 1 saturated heterocycles. The SMILES string of the molecule is CCOC(=O)N1CCN(C(=O)c2ccc(CSc3nc(Cl)cc(N(C)C4CCCCC4)n3)cc2)CC1. The summed E-state index contributed by atoms with van der Waals surface area (Å²) in [5.74, 6) is 1.53. The minimum absolute atomic E-state index is 0.0220. The Morgan fingerprint density at radius 1 is 1.06 bits per heavy atom. The molecule has 8 nitrogen and oxygen atoms in total. The van der Waals surface area contributed by atoms with E-state index in [-0.39, 0.29) is 12.0 Å². The summed E-state index contributed by atoms with van der Waals surface area (Å²) in [7, 11) is 2.09. The average Bonchev–Trinajstić information content (AvgIpc) is 2.92. The van der Waals surface area contributed by atoms with Crippen molar-refractivity contribution in [2.75, 3.05) is 44.7 Å². The van der Waals surface area contributed by atoms with Crippen molar-refractivity contribution >= 4 is 41.2 Å². The van der Waals surface area contributed by atoms with Gasteiger partial charge in [0.05, 0.1) is 6.61 Å². The summed E-state index contributed by atoms with van der Waals surface area (Å²) in [5, 5.41) is 1.11. The van der Waals surface area contributed by atoms with Crippen molar-refractivity contribution in [2.24, 2.45) is 0 Å². The van der Waals surface area contributed by atoms with Crippen LogP contribution in [0.3, 0.4) is 0 Å². The minimum atomic E-state index is -0.317. The molecule has 1 aliphatic carbocycles. The molecule has 194 valence electrons. The van der Waals surface area contributed by atoms with E-state index in [0.717, 1.165) is 11.4 Å². The minimum Gasteiger partial charge on any atom is -0.450 e. The number of aromatic nitrogens is 2. The predicted molar refractivity (Wildman–Crippen MR) is 143 cm³/mol. The molecule has 0 atom stereocenters. The van der Waals surface area contributed by atoms with Crippen LogP contribution in [0.25, 0.3) is 0 Å². The Kier molecular flexibility index (Phi) is 9.31. The molecule has 2 heterocycles. The van der Waals surface area contributed by atoms with Gasteiger partial charge in [-0.2, -0.15) is 0 Å². The molecule has 1 aromatic heterocycles. The number of thioether (sulfide) groups is 1. The number of hydrogen-bond acceptors (Lipinski definition) is 7. The lowest BCUT2D eigenvalue weighted by Gasteiger charge is -2.34. The van der Waals surface area contributed by atoms with Crippen molar-refractivity contribution in [3.63, 3.8) is 0 Å². The molecular weight excluding hydrogens is 498 g/mol. The molecule has 10 heteroatoms. The Hall–Kier alpha value is -2.52. The first-order chi connectivity index (χ1) is 17.4. The van der Waals surface area contributed by atoms with Crippen molar-refractivity contribution in [1.29, 1.82) is 0 Å². The second kappa shape index (κ2) is 12.6. The molecule has 0 radical (unpaired) electrons. The fraction of sp³-hybridized carbons (Fsp3) is 0.538. The van der Waals surface area contributed by atoms with Crippen LogP contribution in [0.2, 0.25) is 5.15 Å². The topological polar surface area (TPSA) is 78.9 Å². The molecule has 1 saturated carbocycles. The lowest BCUT2D eigenvalue weighted by Crippen LogP contribution is -2.50. The largest absolute Gasteiger partial charge is 0.450 e. The monoisotopic (exact) mass is 531 g/mol. The summed E-state index contributed by atoms with van der Waals surface area (Å²) in [6.07, 6.45) is 5.89. The summed E-state index contributed by atoms with van der Waals surface area (Å²) in [5.41, 5.74) is 1.72. The average molecular weight is 532 g/mol. The molecule has 0 unspecified atom stereocenters. The second-order valence-electron chi connectivity index (χ2n) is 9.20. The first-order valence-electron chi connectivity index (χ1n) is 12.6. The van der Waals surface area contributed by atoms with E-state index in [1.165, 1.54) is 43.9 Å². The maximum Gasteiger partial charge on any atom is 0.409 e. The van der Waals surface area contributed by atoms with Crippen LogP contribution in [-0.2, 0) is 10.5 Å². The van der Waals surface area contributed by atoms with Crippen molar-refractivity contribution in [2.45, 2.75) is 56.0 Å². The van der Waals surface area contributed by atoms with E-state index < -0.39 is 0 Å². The standard InChI is InChI=1S/C26H34ClN5O3S/c1-3-35-26(34)32-15-13-31(14-16-32)24(33)20-11-9-19(10-12-20)18-36-25-28-22(27)17-23(29-25)30(2)21-7-5-4-6-8-21/h9-12,17,21H,3-8,13-16,18H2,1-2H3. The number of halogens is 1. The van der Waals surface area contributed by atoms with E-state index >= 15 is 0 Å². The smallest absolute Gasteiger partial charge is 0.409 e. The quantitative estimate of drug-likeness (QED) is 0.279. The van der Waals surface area contributed by atoms with Crippen LogP contribution < -0.4 is 4.90 Å². The summed E-state index contributed by atoms with van der Waals surface area (Å²) in [6, 6.07) is 9.99. The summed E-state index contributed by atoms with van der Waals surface area (Å²) >= 11 is 7.86. The van der Waals surface area contributed by atoms with Gasteiger partial charge in [-0.3, -0.25) is 4.79 Å². The number of hydrogen-bond donors (Lipinski definition) is 0. The van der Waals surface area contributed by atoms with Crippen LogP contribution >= 0.6 is 23.4 Å². The van der Waals surface area contributed by atoms with E-state index in [1.807, 2.05) is 30.3 Å². The number of piperazine rings is 1. The zero-order valence-electron chi connectivity index (χ0n) is 21.0. The van der Waals surface area contributed by atoms with Crippen LogP contribution in [0.5, 0.6) is 0 Å². The number of anilines is 1. The van der Waals surface area contributed by atoms with Crippen LogP contribution in [0, 0.1) is 0 Å². The van der Waals surface area contributed by atoms with Crippen LogP contribution in [-0.4, -0.2) is 77.6 Å². The highest BCUT2D eigenvalue weighted by Gasteiger charge is 2.25. The van der Waals surface area contributed by atoms with Gasteiger partial charge in [0.2, 0.25) is 0 Å². The molecule has 1 aliphatic heterocycles. The summed E-state index contributed by atoms with van der Waals surface area (Å²) in [4.78, 5) is 39.6. The fourth-order valence-corrected chi connectivity index (χ4v) is 5.70. The molecule has 2 aliphatic rings. The number of carbonyl (C=O) groups excluding carboxylic acids is 2. The molecule has 36 heavy (non-hydrogen) atoms. The van der Waals surface area contributed by atoms with E-state index in [1.54, 1.807) is 16.7 Å². The van der Waals surface area contributed by atoms with Crippen molar-refractivity contribution < 1.29 is 14.3 Å². The second-order valence-corrected chi connectivity index (χ2v) is 10.5. The van der Waals surface area contributed by atoms with Crippen molar-refractivity contribution in [3.8, 4) is 0 Å². The van der Waals surface area contributed by atoms with Gasteiger partial charge < -0.3 is 19.4 Å². The fourth-order valence-electron chi connectivity index (χ4n) is 4.67. The molecule has 2 fully saturated rings. The molecule has 1 aromatic carbocycles. The highest BCUT2D eigenvalue weighted by molar-refractivity contribution is 7.98. The Balaban J connectivity index is 1.31. The zero-order valence-corrected chi connectivity index (χ0v) is 22.6.